The SMILES string of the molecule is NSc1nccs1. The summed E-state index contributed by atoms with van der Waals surface area (Å²) in [4.78, 5) is 3.89. The van der Waals surface area contributed by atoms with Gasteiger partial charge < -0.3 is 0 Å². The summed E-state index contributed by atoms with van der Waals surface area (Å²) in [7, 11) is 0. The van der Waals surface area contributed by atoms with Crippen molar-refractivity contribution in [2.45, 2.75) is 4.34 Å². The van der Waals surface area contributed by atoms with E-state index in [-0.39, 0.29) is 0 Å². The van der Waals surface area contributed by atoms with Gasteiger partial charge >= 0.3 is 0 Å². The molecule has 7 heavy (non-hydrogen) atoms. The maximum Gasteiger partial charge on any atom is 0.164 e. The highest BCUT2D eigenvalue weighted by Gasteiger charge is 1.86. The lowest BCUT2D eigenvalue weighted by Gasteiger charge is -1.76. The summed E-state index contributed by atoms with van der Waals surface area (Å²) >= 11 is 2.73. The monoisotopic (exact) mass is 132 g/mol. The third-order valence-electron chi connectivity index (χ3n) is 0.510. The van der Waals surface area contributed by atoms with Crippen molar-refractivity contribution >= 4 is 23.3 Å². The van der Waals surface area contributed by atoms with E-state index >= 15 is 0 Å². The molecule has 4 heteroatoms. The van der Waals surface area contributed by atoms with E-state index in [2.05, 4.69) is 4.98 Å². The minimum absolute atomic E-state index is 0.917. The van der Waals surface area contributed by atoms with Gasteiger partial charge in [0.15, 0.2) is 4.34 Å². The second-order valence-corrected chi connectivity index (χ2v) is 2.69. The van der Waals surface area contributed by atoms with E-state index < -0.39 is 0 Å². The molecule has 1 aromatic rings. The molecule has 0 unspecified atom stereocenters. The topological polar surface area (TPSA) is 38.9 Å². The van der Waals surface area contributed by atoms with Gasteiger partial charge in [0.05, 0.1) is 0 Å². The molecule has 1 rings (SSSR count). The molecule has 38 valence electrons. The number of aromatic nitrogens is 1. The fraction of sp³-hybridized carbons (Fsp3) is 0. The van der Waals surface area contributed by atoms with E-state index in [0.717, 1.165) is 4.34 Å². The van der Waals surface area contributed by atoms with Gasteiger partial charge in [-0.2, -0.15) is 0 Å². The zero-order chi connectivity index (χ0) is 5.11. The van der Waals surface area contributed by atoms with Gasteiger partial charge in [0, 0.05) is 11.6 Å². The Morgan fingerprint density at radius 2 is 2.71 bits per heavy atom. The predicted molar refractivity (Wildman–Crippen MR) is 32.2 cm³/mol. The Hall–Kier alpha value is -0.0600. The lowest BCUT2D eigenvalue weighted by Crippen LogP contribution is -1.73. The van der Waals surface area contributed by atoms with Crippen LogP contribution in [0.15, 0.2) is 15.9 Å². The second-order valence-electron chi connectivity index (χ2n) is 0.916. The molecular weight excluding hydrogens is 128 g/mol. The van der Waals surface area contributed by atoms with Crippen LogP contribution in [0.5, 0.6) is 0 Å². The fourth-order valence-electron chi connectivity index (χ4n) is 0.269. The van der Waals surface area contributed by atoms with Gasteiger partial charge in [0.25, 0.3) is 0 Å². The van der Waals surface area contributed by atoms with Crippen LogP contribution in [-0.4, -0.2) is 4.98 Å². The van der Waals surface area contributed by atoms with E-state index in [4.69, 9.17) is 5.14 Å². The Morgan fingerprint density at radius 3 is 3.00 bits per heavy atom. The first-order chi connectivity index (χ1) is 3.43. The van der Waals surface area contributed by atoms with Crippen LogP contribution in [0.3, 0.4) is 0 Å². The average molecular weight is 132 g/mol. The summed E-state index contributed by atoms with van der Waals surface area (Å²) in [5, 5.41) is 7.06. The number of nitrogens with two attached hydrogens (primary N) is 1. The summed E-state index contributed by atoms with van der Waals surface area (Å²) < 4.78 is 0.917. The molecule has 0 aliphatic rings. The van der Waals surface area contributed by atoms with E-state index in [0.29, 0.717) is 0 Å². The zero-order valence-corrected chi connectivity index (χ0v) is 5.13. The molecule has 0 aliphatic carbocycles. The summed E-state index contributed by atoms with van der Waals surface area (Å²) in [5.41, 5.74) is 0. The zero-order valence-electron chi connectivity index (χ0n) is 3.50. The first-order valence-corrected chi connectivity index (χ1v) is 3.45. The molecule has 0 atom stereocenters. The number of hydrogen-bond donors (Lipinski definition) is 1. The first kappa shape index (κ1) is 5.08. The van der Waals surface area contributed by atoms with Crippen molar-refractivity contribution < 1.29 is 0 Å². The van der Waals surface area contributed by atoms with Crippen molar-refractivity contribution in [1.29, 1.82) is 0 Å². The van der Waals surface area contributed by atoms with E-state index in [1.165, 1.54) is 11.9 Å². The maximum atomic E-state index is 5.16. The number of nitrogens with zero attached hydrogens (tertiary/aromatic N) is 1. The van der Waals surface area contributed by atoms with E-state index in [1.54, 1.807) is 17.5 Å². The molecule has 1 aromatic heterocycles. The standard InChI is InChI=1S/C3H4N2S2/c4-7-3-5-1-2-6-3/h1-2H,4H2. The molecule has 0 saturated carbocycles. The highest BCUT2D eigenvalue weighted by molar-refractivity contribution is 7.98. The third kappa shape index (κ3) is 1.15. The fourth-order valence-corrected chi connectivity index (χ4v) is 1.14. The van der Waals surface area contributed by atoms with Crippen molar-refractivity contribution in [3.63, 3.8) is 0 Å². The van der Waals surface area contributed by atoms with Crippen molar-refractivity contribution in [3.8, 4) is 0 Å². The van der Waals surface area contributed by atoms with E-state index in [9.17, 15) is 0 Å². The van der Waals surface area contributed by atoms with Crippen LogP contribution in [0.25, 0.3) is 0 Å². The molecule has 0 saturated heterocycles. The minimum Gasteiger partial charge on any atom is -0.272 e. The van der Waals surface area contributed by atoms with Gasteiger partial charge in [-0.1, -0.05) is 0 Å². The third-order valence-corrected chi connectivity index (χ3v) is 1.96. The van der Waals surface area contributed by atoms with Crippen molar-refractivity contribution in [1.82, 2.24) is 4.98 Å². The smallest absolute Gasteiger partial charge is 0.164 e. The molecule has 0 amide bonds. The molecular formula is C3H4N2S2. The van der Waals surface area contributed by atoms with Gasteiger partial charge in [-0.15, -0.1) is 11.3 Å². The Bertz CT molecular complexity index is 125. The Kier molecular flexibility index (Phi) is 1.67. The maximum absolute atomic E-state index is 5.16. The molecule has 1 heterocycles. The lowest BCUT2D eigenvalue weighted by molar-refractivity contribution is 1.25. The minimum atomic E-state index is 0.917. The normalized spacial score (nSPS) is 9.29. The number of rotatable bonds is 1. The van der Waals surface area contributed by atoms with Crippen LogP contribution in [-0.2, 0) is 0 Å². The largest absolute Gasteiger partial charge is 0.272 e. The first-order valence-electron chi connectivity index (χ1n) is 1.69. The van der Waals surface area contributed by atoms with Gasteiger partial charge in [-0.25, -0.2) is 4.98 Å². The summed E-state index contributed by atoms with van der Waals surface area (Å²) in [6.45, 7) is 0. The van der Waals surface area contributed by atoms with Crippen LogP contribution in [0.1, 0.15) is 0 Å². The number of thiazole rings is 1. The van der Waals surface area contributed by atoms with Crippen LogP contribution in [0.2, 0.25) is 0 Å². The molecule has 0 aliphatic heterocycles. The molecule has 0 spiro atoms. The van der Waals surface area contributed by atoms with Crippen LogP contribution < -0.4 is 5.14 Å². The molecule has 2 N–H and O–H groups in total. The highest BCUT2D eigenvalue weighted by Crippen LogP contribution is 2.12. The lowest BCUT2D eigenvalue weighted by atomic mass is 11.0. The number of hydrogen-bond acceptors (Lipinski definition) is 4. The molecule has 2 nitrogen and oxygen atoms in total. The van der Waals surface area contributed by atoms with Crippen molar-refractivity contribution in [2.24, 2.45) is 5.14 Å². The highest BCUT2D eigenvalue weighted by atomic mass is 32.2. The van der Waals surface area contributed by atoms with Crippen LogP contribution >= 0.6 is 23.3 Å². The Balaban J connectivity index is 2.76. The van der Waals surface area contributed by atoms with Crippen molar-refractivity contribution in [2.75, 3.05) is 0 Å². The van der Waals surface area contributed by atoms with Gasteiger partial charge in [-0.05, 0) is 11.9 Å². The summed E-state index contributed by atoms with van der Waals surface area (Å²) in [6.07, 6.45) is 1.74. The molecule has 0 radical (unpaired) electrons. The second kappa shape index (κ2) is 2.30. The van der Waals surface area contributed by atoms with Crippen LogP contribution in [0.4, 0.5) is 0 Å². The average Bonchev–Trinajstić information content (AvgIpc) is 2.14. The van der Waals surface area contributed by atoms with Gasteiger partial charge in [0.2, 0.25) is 0 Å². The summed E-state index contributed by atoms with van der Waals surface area (Å²) in [6, 6.07) is 0. The van der Waals surface area contributed by atoms with Crippen molar-refractivity contribution in [3.05, 3.63) is 11.6 Å². The Labute approximate surface area is 49.9 Å². The van der Waals surface area contributed by atoms with Gasteiger partial charge in [0.1, 0.15) is 0 Å². The summed E-state index contributed by atoms with van der Waals surface area (Å²) in [5.74, 6) is 0. The quantitative estimate of drug-likeness (QED) is 0.582. The van der Waals surface area contributed by atoms with E-state index in [1.807, 2.05) is 5.38 Å². The molecule has 0 bridgehead atoms. The molecule has 0 fully saturated rings. The van der Waals surface area contributed by atoms with Crippen LogP contribution in [0, 0.1) is 0 Å². The van der Waals surface area contributed by atoms with Gasteiger partial charge in [-0.3, -0.25) is 5.14 Å². The molecule has 0 aromatic carbocycles. The predicted octanol–water partition coefficient (Wildman–Crippen LogP) is 1.11. The Morgan fingerprint density at radius 1 is 1.86 bits per heavy atom.